The van der Waals surface area contributed by atoms with Crippen LogP contribution in [0, 0.1) is 10.1 Å². The van der Waals surface area contributed by atoms with Crippen LogP contribution < -0.4 is 0 Å². The first-order valence-electron chi connectivity index (χ1n) is 6.45. The Morgan fingerprint density at radius 1 is 1.14 bits per heavy atom. The average molecular weight is 308 g/mol. The molecule has 0 aromatic heterocycles. The molecule has 0 N–H and O–H groups in total. The Hall–Kier alpha value is -1.99. The molecule has 0 bridgehead atoms. The van der Waals surface area contributed by atoms with E-state index in [9.17, 15) is 18.5 Å². The van der Waals surface area contributed by atoms with Crippen molar-refractivity contribution in [3.05, 3.63) is 59.7 Å². The van der Waals surface area contributed by atoms with Gasteiger partial charge in [0, 0.05) is 24.2 Å². The molecule has 21 heavy (non-hydrogen) atoms. The van der Waals surface area contributed by atoms with E-state index in [-0.39, 0.29) is 22.7 Å². The van der Waals surface area contributed by atoms with Crippen molar-refractivity contribution >= 4 is 15.7 Å². The molecule has 2 rings (SSSR count). The van der Waals surface area contributed by atoms with Gasteiger partial charge in [-0.2, -0.15) is 4.31 Å². The third-order valence-electron chi connectivity index (χ3n) is 3.58. The molecule has 1 aromatic rings. The highest BCUT2D eigenvalue weighted by atomic mass is 32.2. The van der Waals surface area contributed by atoms with Crippen molar-refractivity contribution in [1.82, 2.24) is 4.31 Å². The smallest absolute Gasteiger partial charge is 0.258 e. The van der Waals surface area contributed by atoms with Crippen LogP contribution in [0.1, 0.15) is 12.8 Å². The fourth-order valence-corrected chi connectivity index (χ4v) is 4.32. The zero-order valence-electron chi connectivity index (χ0n) is 11.4. The fraction of sp³-hybridized carbons (Fsp3) is 0.286. The highest BCUT2D eigenvalue weighted by molar-refractivity contribution is 7.89. The number of rotatable bonds is 5. The Balaban J connectivity index is 2.42. The van der Waals surface area contributed by atoms with Gasteiger partial charge in [0.05, 0.1) is 9.82 Å². The van der Waals surface area contributed by atoms with Gasteiger partial charge < -0.3 is 0 Å². The van der Waals surface area contributed by atoms with Gasteiger partial charge in [-0.25, -0.2) is 8.42 Å². The molecule has 1 aliphatic heterocycles. The van der Waals surface area contributed by atoms with Gasteiger partial charge in [0.25, 0.3) is 5.69 Å². The fourth-order valence-electron chi connectivity index (χ4n) is 2.50. The molecule has 1 saturated heterocycles. The molecule has 7 heteroatoms. The number of nitrogens with zero attached hydrogens (tertiary/aromatic N) is 2. The molecule has 0 unspecified atom stereocenters. The van der Waals surface area contributed by atoms with Gasteiger partial charge in [-0.15, -0.1) is 13.2 Å². The molecule has 1 fully saturated rings. The lowest BCUT2D eigenvalue weighted by atomic mass is 10.2. The topological polar surface area (TPSA) is 80.5 Å². The van der Waals surface area contributed by atoms with E-state index in [0.717, 1.165) is 0 Å². The first kappa shape index (κ1) is 15.4. The van der Waals surface area contributed by atoms with Gasteiger partial charge in [0.1, 0.15) is 0 Å². The monoisotopic (exact) mass is 308 g/mol. The van der Waals surface area contributed by atoms with Crippen molar-refractivity contribution in [1.29, 1.82) is 0 Å². The summed E-state index contributed by atoms with van der Waals surface area (Å²) in [6.45, 7) is 7.35. The van der Waals surface area contributed by atoms with Crippen LogP contribution in [0.3, 0.4) is 0 Å². The van der Waals surface area contributed by atoms with Gasteiger partial charge >= 0.3 is 0 Å². The summed E-state index contributed by atoms with van der Waals surface area (Å²) in [5.74, 6) is 0. The van der Waals surface area contributed by atoms with Gasteiger partial charge in [-0.3, -0.25) is 10.1 Å². The molecule has 1 aromatic carbocycles. The quantitative estimate of drug-likeness (QED) is 0.475. The maximum Gasteiger partial charge on any atom is 0.269 e. The predicted octanol–water partition coefficient (Wildman–Crippen LogP) is 2.49. The Bertz CT molecular complexity index is 651. The van der Waals surface area contributed by atoms with Crippen LogP contribution in [0.25, 0.3) is 0 Å². The van der Waals surface area contributed by atoms with Crippen LogP contribution in [0.4, 0.5) is 5.69 Å². The van der Waals surface area contributed by atoms with E-state index in [2.05, 4.69) is 13.2 Å². The minimum atomic E-state index is -3.74. The summed E-state index contributed by atoms with van der Waals surface area (Å²) in [6.07, 6.45) is 4.58. The average Bonchev–Trinajstić information content (AvgIpc) is 2.91. The molecule has 0 aliphatic carbocycles. The molecule has 0 radical (unpaired) electrons. The largest absolute Gasteiger partial charge is 0.269 e. The summed E-state index contributed by atoms with van der Waals surface area (Å²) in [5.41, 5.74) is -0.143. The van der Waals surface area contributed by atoms with E-state index in [0.29, 0.717) is 12.8 Å². The molecule has 1 heterocycles. The number of non-ortho nitro benzene ring substituents is 1. The van der Waals surface area contributed by atoms with Crippen molar-refractivity contribution < 1.29 is 13.3 Å². The van der Waals surface area contributed by atoms with Crippen molar-refractivity contribution in [2.24, 2.45) is 0 Å². The third kappa shape index (κ3) is 2.74. The second-order valence-corrected chi connectivity index (χ2v) is 6.61. The zero-order valence-corrected chi connectivity index (χ0v) is 12.2. The van der Waals surface area contributed by atoms with Gasteiger partial charge in [-0.05, 0) is 25.0 Å². The molecular formula is C14H16N2O4S. The minimum absolute atomic E-state index is 0.0358. The van der Waals surface area contributed by atoms with E-state index in [1.807, 2.05) is 0 Å². The summed E-state index contributed by atoms with van der Waals surface area (Å²) < 4.78 is 26.8. The number of hydrogen-bond donors (Lipinski definition) is 0. The lowest BCUT2D eigenvalue weighted by molar-refractivity contribution is -0.384. The minimum Gasteiger partial charge on any atom is -0.258 e. The number of hydrogen-bond acceptors (Lipinski definition) is 4. The van der Waals surface area contributed by atoms with Crippen LogP contribution in [-0.4, -0.2) is 29.7 Å². The van der Waals surface area contributed by atoms with Crippen molar-refractivity contribution in [2.75, 3.05) is 0 Å². The zero-order chi connectivity index (χ0) is 15.6. The highest BCUT2D eigenvalue weighted by Crippen LogP contribution is 2.32. The first-order chi connectivity index (χ1) is 9.91. The molecule has 0 spiro atoms. The predicted molar refractivity (Wildman–Crippen MR) is 79.3 cm³/mol. The standard InChI is InChI=1S/C14H16N2O4S/c1-3-11-5-6-12(4-2)15(11)21(19,20)14-9-7-13(8-10-14)16(17)18/h3-4,7-12H,1-2,5-6H2/t11-,12-/m0/s1. The summed E-state index contributed by atoms with van der Waals surface area (Å²) in [4.78, 5) is 10.1. The van der Waals surface area contributed by atoms with Crippen LogP contribution in [0.2, 0.25) is 0 Å². The van der Waals surface area contributed by atoms with E-state index < -0.39 is 14.9 Å². The molecular weight excluding hydrogens is 292 g/mol. The van der Waals surface area contributed by atoms with Crippen molar-refractivity contribution in [3.8, 4) is 0 Å². The van der Waals surface area contributed by atoms with E-state index in [1.54, 1.807) is 12.2 Å². The second-order valence-electron chi connectivity index (χ2n) is 4.77. The summed E-state index contributed by atoms with van der Waals surface area (Å²) in [7, 11) is -3.74. The SMILES string of the molecule is C=C[C@H]1CC[C@H](C=C)N1S(=O)(=O)c1ccc([N+](=O)[O-])cc1. The Kier molecular flexibility index (Phi) is 4.24. The number of sulfonamides is 1. The van der Waals surface area contributed by atoms with Crippen LogP contribution in [0.5, 0.6) is 0 Å². The second kappa shape index (κ2) is 5.79. The van der Waals surface area contributed by atoms with Crippen LogP contribution in [-0.2, 0) is 10.0 Å². The molecule has 0 amide bonds. The molecule has 6 nitrogen and oxygen atoms in total. The Morgan fingerprint density at radius 2 is 1.62 bits per heavy atom. The molecule has 2 atom stereocenters. The summed E-state index contributed by atoms with van der Waals surface area (Å²) in [6, 6.07) is 4.32. The number of nitro groups is 1. The maximum absolute atomic E-state index is 12.7. The maximum atomic E-state index is 12.7. The van der Waals surface area contributed by atoms with Gasteiger partial charge in [0.2, 0.25) is 10.0 Å². The van der Waals surface area contributed by atoms with Gasteiger partial charge in [0.15, 0.2) is 0 Å². The lowest BCUT2D eigenvalue weighted by Gasteiger charge is -2.26. The number of nitro benzene ring substituents is 1. The molecule has 112 valence electrons. The van der Waals surface area contributed by atoms with Crippen molar-refractivity contribution in [3.63, 3.8) is 0 Å². The Morgan fingerprint density at radius 3 is 2.00 bits per heavy atom. The number of benzene rings is 1. The van der Waals surface area contributed by atoms with E-state index in [1.165, 1.54) is 28.6 Å². The highest BCUT2D eigenvalue weighted by Gasteiger charge is 2.39. The molecule has 1 aliphatic rings. The lowest BCUT2D eigenvalue weighted by Crippen LogP contribution is -2.39. The molecule has 0 saturated carbocycles. The van der Waals surface area contributed by atoms with E-state index in [4.69, 9.17) is 0 Å². The van der Waals surface area contributed by atoms with E-state index >= 15 is 0 Å². The normalized spacial score (nSPS) is 22.9. The van der Waals surface area contributed by atoms with Crippen molar-refractivity contribution in [2.45, 2.75) is 29.8 Å². The third-order valence-corrected chi connectivity index (χ3v) is 5.54. The first-order valence-corrected chi connectivity index (χ1v) is 7.89. The summed E-state index contributed by atoms with van der Waals surface area (Å²) in [5, 5.41) is 10.6. The van der Waals surface area contributed by atoms with Gasteiger partial charge in [-0.1, -0.05) is 12.2 Å². The Labute approximate surface area is 123 Å². The van der Waals surface area contributed by atoms with Crippen LogP contribution >= 0.6 is 0 Å². The van der Waals surface area contributed by atoms with Crippen LogP contribution in [0.15, 0.2) is 54.5 Å². The summed E-state index contributed by atoms with van der Waals surface area (Å²) >= 11 is 0.